The molecule has 1 amide bonds. The number of halogens is 2. The minimum atomic E-state index is -0.610. The number of nitro groups is 1. The van der Waals surface area contributed by atoms with E-state index >= 15 is 0 Å². The summed E-state index contributed by atoms with van der Waals surface area (Å²) in [7, 11) is 0. The molecule has 0 fully saturated rings. The highest BCUT2D eigenvalue weighted by atomic mass is 35.5. The molecule has 0 aliphatic rings. The minimum absolute atomic E-state index is 0.00282. The van der Waals surface area contributed by atoms with Gasteiger partial charge in [0.05, 0.1) is 21.2 Å². The Morgan fingerprint density at radius 1 is 1.19 bits per heavy atom. The van der Waals surface area contributed by atoms with Crippen LogP contribution in [-0.2, 0) is 9.53 Å². The molecule has 0 saturated heterocycles. The first kappa shape index (κ1) is 19.5. The number of non-ortho nitro benzene ring substituents is 1. The lowest BCUT2D eigenvalue weighted by Gasteiger charge is -2.12. The molecular weight excluding hydrogens is 387 g/mol. The molecule has 0 spiro atoms. The fraction of sp³-hybridized carbons (Fsp3) is 0.125. The van der Waals surface area contributed by atoms with E-state index in [1.807, 2.05) is 0 Å². The fourth-order valence-corrected chi connectivity index (χ4v) is 2.28. The molecule has 2 rings (SSSR count). The van der Waals surface area contributed by atoms with E-state index in [2.05, 4.69) is 10.1 Å². The van der Waals surface area contributed by atoms with Gasteiger partial charge < -0.3 is 14.8 Å². The zero-order valence-corrected chi connectivity index (χ0v) is 14.8. The summed E-state index contributed by atoms with van der Waals surface area (Å²) in [5, 5.41) is 13.5. The summed E-state index contributed by atoms with van der Waals surface area (Å²) in [5.74, 6) is -1.02. The fourth-order valence-electron chi connectivity index (χ4n) is 1.89. The Bertz CT molecular complexity index is 872. The van der Waals surface area contributed by atoms with Gasteiger partial charge in [0.25, 0.3) is 11.6 Å². The number of nitrogens with zero attached hydrogens (tertiary/aromatic N) is 1. The molecule has 0 aromatic heterocycles. The molecule has 0 aliphatic carbocycles. The zero-order chi connectivity index (χ0) is 19.3. The molecule has 0 radical (unpaired) electrons. The number of ether oxygens (including phenoxy) is 2. The van der Waals surface area contributed by atoms with Crippen LogP contribution in [0.25, 0.3) is 0 Å². The standard InChI is InChI=1S/C16H12Cl2N2O6/c1-9(21)25-8-26-15-5-2-10(17)6-12(15)16(22)19-14-4-3-11(20(23)24)7-13(14)18/h2-7H,8H2,1H3,(H,19,22). The van der Waals surface area contributed by atoms with Gasteiger partial charge in [0.2, 0.25) is 6.79 Å². The van der Waals surface area contributed by atoms with Gasteiger partial charge in [-0.05, 0) is 24.3 Å². The maximum Gasteiger partial charge on any atom is 0.305 e. The summed E-state index contributed by atoms with van der Waals surface area (Å²) < 4.78 is 9.93. The lowest BCUT2D eigenvalue weighted by atomic mass is 10.1. The van der Waals surface area contributed by atoms with Crippen molar-refractivity contribution in [3.8, 4) is 5.75 Å². The third-order valence-corrected chi connectivity index (χ3v) is 3.62. The van der Waals surface area contributed by atoms with E-state index in [0.717, 1.165) is 6.07 Å². The van der Waals surface area contributed by atoms with Gasteiger partial charge in [0.1, 0.15) is 5.75 Å². The highest BCUT2D eigenvalue weighted by molar-refractivity contribution is 6.34. The van der Waals surface area contributed by atoms with Crippen molar-refractivity contribution in [3.05, 3.63) is 62.1 Å². The minimum Gasteiger partial charge on any atom is -0.457 e. The molecule has 0 atom stereocenters. The van der Waals surface area contributed by atoms with Gasteiger partial charge in [0.15, 0.2) is 0 Å². The van der Waals surface area contributed by atoms with Crippen LogP contribution in [0.2, 0.25) is 10.0 Å². The van der Waals surface area contributed by atoms with Crippen LogP contribution in [0.1, 0.15) is 17.3 Å². The van der Waals surface area contributed by atoms with E-state index < -0.39 is 16.8 Å². The van der Waals surface area contributed by atoms with Crippen LogP contribution < -0.4 is 10.1 Å². The summed E-state index contributed by atoms with van der Waals surface area (Å²) in [4.78, 5) is 33.4. The Morgan fingerprint density at radius 2 is 1.92 bits per heavy atom. The van der Waals surface area contributed by atoms with E-state index in [0.29, 0.717) is 0 Å². The number of rotatable bonds is 6. The molecule has 26 heavy (non-hydrogen) atoms. The Balaban J connectivity index is 2.22. The predicted octanol–water partition coefficient (Wildman–Crippen LogP) is 4.05. The van der Waals surface area contributed by atoms with Crippen molar-refractivity contribution < 1.29 is 24.0 Å². The predicted molar refractivity (Wildman–Crippen MR) is 94.8 cm³/mol. The third kappa shape index (κ3) is 5.08. The average molecular weight is 399 g/mol. The normalized spacial score (nSPS) is 10.1. The number of esters is 1. The topological polar surface area (TPSA) is 108 Å². The van der Waals surface area contributed by atoms with Crippen LogP contribution >= 0.6 is 23.2 Å². The molecule has 0 unspecified atom stereocenters. The van der Waals surface area contributed by atoms with Gasteiger partial charge in [-0.25, -0.2) is 0 Å². The van der Waals surface area contributed by atoms with Crippen LogP contribution in [0.5, 0.6) is 5.75 Å². The average Bonchev–Trinajstić information content (AvgIpc) is 2.57. The number of hydrogen-bond donors (Lipinski definition) is 1. The summed E-state index contributed by atoms with van der Waals surface area (Å²) >= 11 is 11.9. The summed E-state index contributed by atoms with van der Waals surface area (Å²) in [6, 6.07) is 7.94. The number of nitrogens with one attached hydrogen (secondary N) is 1. The summed E-state index contributed by atoms with van der Waals surface area (Å²) in [6.07, 6.45) is 0. The Morgan fingerprint density at radius 3 is 2.54 bits per heavy atom. The van der Waals surface area contributed by atoms with E-state index in [1.54, 1.807) is 0 Å². The van der Waals surface area contributed by atoms with Crippen molar-refractivity contribution >= 4 is 46.5 Å². The van der Waals surface area contributed by atoms with Crippen molar-refractivity contribution in [1.82, 2.24) is 0 Å². The SMILES string of the molecule is CC(=O)OCOc1ccc(Cl)cc1C(=O)Nc1ccc([N+](=O)[O-])cc1Cl. The van der Waals surface area contributed by atoms with Gasteiger partial charge >= 0.3 is 5.97 Å². The number of benzene rings is 2. The van der Waals surface area contributed by atoms with E-state index in [9.17, 15) is 19.7 Å². The summed E-state index contributed by atoms with van der Waals surface area (Å²) in [6.45, 7) is 0.838. The van der Waals surface area contributed by atoms with Crippen molar-refractivity contribution in [1.29, 1.82) is 0 Å². The van der Waals surface area contributed by atoms with Gasteiger partial charge in [-0.15, -0.1) is 0 Å². The monoisotopic (exact) mass is 398 g/mol. The lowest BCUT2D eigenvalue weighted by Crippen LogP contribution is -2.15. The third-order valence-electron chi connectivity index (χ3n) is 3.07. The number of amides is 1. The van der Waals surface area contributed by atoms with Crippen LogP contribution in [0.3, 0.4) is 0 Å². The lowest BCUT2D eigenvalue weighted by molar-refractivity contribution is -0.384. The Kier molecular flexibility index (Phi) is 6.37. The van der Waals surface area contributed by atoms with E-state index in [4.69, 9.17) is 27.9 Å². The molecule has 0 bridgehead atoms. The van der Waals surface area contributed by atoms with Crippen molar-refractivity contribution in [3.63, 3.8) is 0 Å². The summed E-state index contributed by atoms with van der Waals surface area (Å²) in [5.41, 5.74) is 0.0356. The van der Waals surface area contributed by atoms with Gasteiger partial charge in [0, 0.05) is 24.1 Å². The van der Waals surface area contributed by atoms with Gasteiger partial charge in [-0.1, -0.05) is 23.2 Å². The quantitative estimate of drug-likeness (QED) is 0.340. The Labute approximate surface area is 157 Å². The molecule has 10 heteroatoms. The molecule has 2 aromatic rings. The largest absolute Gasteiger partial charge is 0.457 e. The van der Waals surface area contributed by atoms with E-state index in [-0.39, 0.29) is 39.5 Å². The molecule has 0 saturated carbocycles. The second kappa shape index (κ2) is 8.50. The van der Waals surface area contributed by atoms with Crippen molar-refractivity contribution in [2.24, 2.45) is 0 Å². The van der Waals surface area contributed by atoms with E-state index in [1.165, 1.54) is 37.3 Å². The number of carbonyl (C=O) groups is 2. The Hall–Kier alpha value is -2.84. The number of nitro benzene ring substituents is 1. The first-order valence-electron chi connectivity index (χ1n) is 7.09. The highest BCUT2D eigenvalue weighted by Gasteiger charge is 2.17. The zero-order valence-electron chi connectivity index (χ0n) is 13.3. The maximum atomic E-state index is 12.5. The van der Waals surface area contributed by atoms with Gasteiger partial charge in [-0.3, -0.25) is 19.7 Å². The molecule has 1 N–H and O–H groups in total. The molecule has 8 nitrogen and oxygen atoms in total. The number of carbonyl (C=O) groups excluding carboxylic acids is 2. The molecule has 0 aliphatic heterocycles. The molecule has 136 valence electrons. The first-order chi connectivity index (χ1) is 12.3. The van der Waals surface area contributed by atoms with Gasteiger partial charge in [-0.2, -0.15) is 0 Å². The second-order valence-electron chi connectivity index (χ2n) is 4.91. The number of hydrogen-bond acceptors (Lipinski definition) is 6. The van der Waals surface area contributed by atoms with Crippen LogP contribution in [0, 0.1) is 10.1 Å². The van der Waals surface area contributed by atoms with Crippen LogP contribution in [-0.4, -0.2) is 23.6 Å². The molecule has 2 aromatic carbocycles. The second-order valence-corrected chi connectivity index (χ2v) is 5.76. The van der Waals surface area contributed by atoms with Crippen LogP contribution in [0.4, 0.5) is 11.4 Å². The van der Waals surface area contributed by atoms with Crippen LogP contribution in [0.15, 0.2) is 36.4 Å². The number of anilines is 1. The molecule has 0 heterocycles. The maximum absolute atomic E-state index is 12.5. The van der Waals surface area contributed by atoms with Crippen molar-refractivity contribution in [2.45, 2.75) is 6.92 Å². The van der Waals surface area contributed by atoms with Crippen molar-refractivity contribution in [2.75, 3.05) is 12.1 Å². The highest BCUT2D eigenvalue weighted by Crippen LogP contribution is 2.29. The smallest absolute Gasteiger partial charge is 0.305 e. The first-order valence-corrected chi connectivity index (χ1v) is 7.84. The molecular formula is C16H12Cl2N2O6.